The van der Waals surface area contributed by atoms with Gasteiger partial charge >= 0.3 is 0 Å². The second kappa shape index (κ2) is 6.02. The molecule has 1 N–H and O–H groups in total. The lowest BCUT2D eigenvalue weighted by Crippen LogP contribution is -2.17. The van der Waals surface area contributed by atoms with Crippen LogP contribution in [0.5, 0.6) is 0 Å². The van der Waals surface area contributed by atoms with Crippen LogP contribution >= 0.6 is 34.5 Å². The average Bonchev–Trinajstić information content (AvgIpc) is 2.77. The second-order valence-corrected chi connectivity index (χ2v) is 5.98. The zero-order valence-corrected chi connectivity index (χ0v) is 12.0. The molecule has 2 rings (SSSR count). The summed E-state index contributed by atoms with van der Waals surface area (Å²) in [6.45, 7) is 2.69. The lowest BCUT2D eigenvalue weighted by atomic mass is 10.1. The molecule has 1 aromatic heterocycles. The van der Waals surface area contributed by atoms with Crippen molar-refractivity contribution in [1.29, 1.82) is 0 Å². The van der Waals surface area contributed by atoms with Crippen LogP contribution in [0, 0.1) is 5.82 Å². The number of rotatable bonds is 4. The topological polar surface area (TPSA) is 12.0 Å². The molecule has 0 aliphatic carbocycles. The van der Waals surface area contributed by atoms with Gasteiger partial charge in [-0.1, -0.05) is 29.3 Å². The summed E-state index contributed by atoms with van der Waals surface area (Å²) in [5.74, 6) is -0.391. The third-order valence-electron chi connectivity index (χ3n) is 2.68. The van der Waals surface area contributed by atoms with E-state index >= 15 is 0 Å². The maximum absolute atomic E-state index is 13.0. The van der Waals surface area contributed by atoms with Gasteiger partial charge in [0.2, 0.25) is 0 Å². The summed E-state index contributed by atoms with van der Waals surface area (Å²) in [6, 6.07) is 6.88. The predicted molar refractivity (Wildman–Crippen MR) is 76.0 cm³/mol. The standard InChI is InChI=1S/C13H12Cl2FNS/c1-8(10-5-13(15)18-7-10)17-6-9-2-3-12(16)11(14)4-9/h2-5,7-8,17H,6H2,1H3. The van der Waals surface area contributed by atoms with Crippen molar-refractivity contribution in [1.82, 2.24) is 5.32 Å². The van der Waals surface area contributed by atoms with Gasteiger partial charge in [-0.05, 0) is 41.6 Å². The lowest BCUT2D eigenvalue weighted by Gasteiger charge is -2.12. The largest absolute Gasteiger partial charge is 0.306 e. The minimum atomic E-state index is -0.391. The van der Waals surface area contributed by atoms with E-state index in [0.29, 0.717) is 6.54 Å². The number of hydrogen-bond donors (Lipinski definition) is 1. The van der Waals surface area contributed by atoms with Crippen molar-refractivity contribution in [3.63, 3.8) is 0 Å². The van der Waals surface area contributed by atoms with Crippen molar-refractivity contribution < 1.29 is 4.39 Å². The minimum absolute atomic E-state index is 0.153. The van der Waals surface area contributed by atoms with Crippen LogP contribution in [0.25, 0.3) is 0 Å². The Morgan fingerprint density at radius 3 is 2.72 bits per heavy atom. The summed E-state index contributed by atoms with van der Waals surface area (Å²) >= 11 is 13.1. The Kier molecular flexibility index (Phi) is 4.62. The van der Waals surface area contributed by atoms with Crippen molar-refractivity contribution in [2.75, 3.05) is 0 Å². The number of benzene rings is 1. The van der Waals surface area contributed by atoms with Crippen LogP contribution in [0.1, 0.15) is 24.1 Å². The highest BCUT2D eigenvalue weighted by atomic mass is 35.5. The summed E-state index contributed by atoms with van der Waals surface area (Å²) in [4.78, 5) is 0. The van der Waals surface area contributed by atoms with Gasteiger partial charge in [0.15, 0.2) is 0 Å². The van der Waals surface area contributed by atoms with E-state index < -0.39 is 5.82 Å². The Bertz CT molecular complexity index is 542. The van der Waals surface area contributed by atoms with E-state index in [1.807, 2.05) is 11.4 Å². The van der Waals surface area contributed by atoms with Gasteiger partial charge in [-0.3, -0.25) is 0 Å². The Balaban J connectivity index is 1.97. The average molecular weight is 304 g/mol. The lowest BCUT2D eigenvalue weighted by molar-refractivity contribution is 0.574. The summed E-state index contributed by atoms with van der Waals surface area (Å²) in [7, 11) is 0. The zero-order chi connectivity index (χ0) is 13.1. The molecule has 0 saturated carbocycles. The SMILES string of the molecule is CC(NCc1ccc(F)c(Cl)c1)c1csc(Cl)c1. The van der Waals surface area contributed by atoms with Crippen molar-refractivity contribution in [2.24, 2.45) is 0 Å². The quantitative estimate of drug-likeness (QED) is 0.834. The molecular formula is C13H12Cl2FNS. The van der Waals surface area contributed by atoms with E-state index in [2.05, 4.69) is 12.2 Å². The molecule has 96 valence electrons. The van der Waals surface area contributed by atoms with E-state index in [1.54, 1.807) is 12.1 Å². The molecule has 1 heterocycles. The molecule has 0 aliphatic rings. The molecular weight excluding hydrogens is 292 g/mol. The van der Waals surface area contributed by atoms with E-state index in [9.17, 15) is 4.39 Å². The molecule has 0 fully saturated rings. The van der Waals surface area contributed by atoms with Gasteiger partial charge in [0.05, 0.1) is 9.36 Å². The Morgan fingerprint density at radius 1 is 1.33 bits per heavy atom. The molecule has 1 unspecified atom stereocenters. The third kappa shape index (κ3) is 3.45. The maximum atomic E-state index is 13.0. The predicted octanol–water partition coefficient (Wildman–Crippen LogP) is 5.04. The first-order valence-electron chi connectivity index (χ1n) is 5.47. The number of halogens is 3. The fraction of sp³-hybridized carbons (Fsp3) is 0.231. The molecule has 0 radical (unpaired) electrons. The second-order valence-electron chi connectivity index (χ2n) is 4.04. The first-order valence-corrected chi connectivity index (χ1v) is 7.11. The Hall–Kier alpha value is -0.610. The Morgan fingerprint density at radius 2 is 2.11 bits per heavy atom. The maximum Gasteiger partial charge on any atom is 0.141 e. The number of hydrogen-bond acceptors (Lipinski definition) is 2. The highest BCUT2D eigenvalue weighted by Crippen LogP contribution is 2.25. The normalized spacial score (nSPS) is 12.7. The number of nitrogens with one attached hydrogen (secondary N) is 1. The fourth-order valence-corrected chi connectivity index (χ4v) is 2.78. The van der Waals surface area contributed by atoms with Crippen LogP contribution in [-0.4, -0.2) is 0 Å². The van der Waals surface area contributed by atoms with Crippen LogP contribution in [0.2, 0.25) is 9.36 Å². The van der Waals surface area contributed by atoms with Crippen LogP contribution in [0.4, 0.5) is 4.39 Å². The fourth-order valence-electron chi connectivity index (χ4n) is 1.59. The zero-order valence-electron chi connectivity index (χ0n) is 9.71. The van der Waals surface area contributed by atoms with Crippen molar-refractivity contribution in [3.8, 4) is 0 Å². The molecule has 18 heavy (non-hydrogen) atoms. The van der Waals surface area contributed by atoms with Crippen molar-refractivity contribution >= 4 is 34.5 Å². The molecule has 0 bridgehead atoms. The van der Waals surface area contributed by atoms with E-state index in [4.69, 9.17) is 23.2 Å². The molecule has 0 spiro atoms. The minimum Gasteiger partial charge on any atom is -0.306 e. The van der Waals surface area contributed by atoms with Crippen molar-refractivity contribution in [3.05, 3.63) is 55.9 Å². The smallest absolute Gasteiger partial charge is 0.141 e. The van der Waals surface area contributed by atoms with E-state index in [0.717, 1.165) is 15.5 Å². The molecule has 0 aliphatic heterocycles. The van der Waals surface area contributed by atoms with Gasteiger partial charge in [-0.2, -0.15) is 0 Å². The summed E-state index contributed by atoms with van der Waals surface area (Å²) in [5, 5.41) is 5.52. The van der Waals surface area contributed by atoms with Crippen LogP contribution in [-0.2, 0) is 6.54 Å². The Labute approximate surface area is 120 Å². The van der Waals surface area contributed by atoms with Crippen LogP contribution in [0.3, 0.4) is 0 Å². The molecule has 5 heteroatoms. The third-order valence-corrected chi connectivity index (χ3v) is 4.08. The molecule has 1 aromatic carbocycles. The first kappa shape index (κ1) is 13.8. The number of thiophene rings is 1. The van der Waals surface area contributed by atoms with Gasteiger partial charge in [0.1, 0.15) is 5.82 Å². The van der Waals surface area contributed by atoms with E-state index in [-0.39, 0.29) is 11.1 Å². The van der Waals surface area contributed by atoms with Gasteiger partial charge in [0.25, 0.3) is 0 Å². The highest BCUT2D eigenvalue weighted by Gasteiger charge is 2.08. The molecule has 2 aromatic rings. The molecule has 0 saturated heterocycles. The monoisotopic (exact) mass is 303 g/mol. The van der Waals surface area contributed by atoms with Gasteiger partial charge in [-0.15, -0.1) is 11.3 Å². The van der Waals surface area contributed by atoms with E-state index in [1.165, 1.54) is 17.4 Å². The highest BCUT2D eigenvalue weighted by molar-refractivity contribution is 7.14. The van der Waals surface area contributed by atoms with Gasteiger partial charge < -0.3 is 5.32 Å². The van der Waals surface area contributed by atoms with Gasteiger partial charge in [0, 0.05) is 12.6 Å². The molecule has 1 atom stereocenters. The van der Waals surface area contributed by atoms with Crippen LogP contribution in [0.15, 0.2) is 29.6 Å². The van der Waals surface area contributed by atoms with Crippen LogP contribution < -0.4 is 5.32 Å². The summed E-state index contributed by atoms with van der Waals surface area (Å²) < 4.78 is 13.8. The first-order chi connectivity index (χ1) is 8.56. The summed E-state index contributed by atoms with van der Waals surface area (Å²) in [6.07, 6.45) is 0. The van der Waals surface area contributed by atoms with Crippen molar-refractivity contribution in [2.45, 2.75) is 19.5 Å². The summed E-state index contributed by atoms with van der Waals surface area (Å²) in [5.41, 5.74) is 2.10. The van der Waals surface area contributed by atoms with Gasteiger partial charge in [-0.25, -0.2) is 4.39 Å². The molecule has 1 nitrogen and oxygen atoms in total. The molecule has 0 amide bonds.